The number of ether oxygens (including phenoxy) is 1. The number of aryl methyl sites for hydroxylation is 1. The summed E-state index contributed by atoms with van der Waals surface area (Å²) in [4.78, 5) is 15.0. The lowest BCUT2D eigenvalue weighted by Gasteiger charge is -2.18. The molecular formula is C22H23FN4O2S. The predicted octanol–water partition coefficient (Wildman–Crippen LogP) is 4.30. The third kappa shape index (κ3) is 4.18. The number of anilines is 1. The van der Waals surface area contributed by atoms with E-state index in [4.69, 9.17) is 4.74 Å². The van der Waals surface area contributed by atoms with Crippen LogP contribution in [-0.4, -0.2) is 46.5 Å². The van der Waals surface area contributed by atoms with Crippen molar-refractivity contribution in [2.24, 2.45) is 0 Å². The molecule has 0 unspecified atom stereocenters. The number of hydrogen-bond donors (Lipinski definition) is 0. The number of carbonyl (C=O) groups excluding carboxylic acids is 1. The van der Waals surface area contributed by atoms with Crippen LogP contribution in [0.2, 0.25) is 0 Å². The van der Waals surface area contributed by atoms with Crippen LogP contribution in [0.15, 0.2) is 47.6 Å². The molecule has 156 valence electrons. The van der Waals surface area contributed by atoms with Crippen molar-refractivity contribution in [2.75, 3.05) is 30.9 Å². The van der Waals surface area contributed by atoms with Gasteiger partial charge in [-0.25, -0.2) is 4.39 Å². The minimum atomic E-state index is -0.469. The summed E-state index contributed by atoms with van der Waals surface area (Å²) in [5.41, 5.74) is 2.34. The summed E-state index contributed by atoms with van der Waals surface area (Å²) in [6, 6.07) is 12.1. The van der Waals surface area contributed by atoms with E-state index in [1.54, 1.807) is 0 Å². The predicted molar refractivity (Wildman–Crippen MR) is 116 cm³/mol. The van der Waals surface area contributed by atoms with E-state index in [1.165, 1.54) is 37.1 Å². The van der Waals surface area contributed by atoms with Crippen LogP contribution in [0, 0.1) is 12.7 Å². The van der Waals surface area contributed by atoms with Gasteiger partial charge in [0.25, 0.3) is 0 Å². The molecule has 1 aromatic heterocycles. The standard InChI is InChI=1S/C22H23FN4O2S/c1-15-5-8-17(9-6-15)27-21(26-11-3-4-12-26)24-25-22(27)30-14-19(28)18-13-16(23)7-10-20(18)29-2/h5-10,13H,3-4,11-12,14H2,1-2H3. The van der Waals surface area contributed by atoms with Crippen LogP contribution in [0.3, 0.4) is 0 Å². The number of hydrogen-bond acceptors (Lipinski definition) is 6. The lowest BCUT2D eigenvalue weighted by Crippen LogP contribution is -2.22. The molecule has 0 amide bonds. The van der Waals surface area contributed by atoms with Gasteiger partial charge in [0.15, 0.2) is 10.9 Å². The first-order chi connectivity index (χ1) is 14.6. The van der Waals surface area contributed by atoms with Gasteiger partial charge in [-0.15, -0.1) is 10.2 Å². The average molecular weight is 427 g/mol. The van der Waals surface area contributed by atoms with Crippen molar-refractivity contribution in [2.45, 2.75) is 24.9 Å². The highest BCUT2D eigenvalue weighted by Crippen LogP contribution is 2.30. The molecule has 30 heavy (non-hydrogen) atoms. The molecule has 2 aromatic carbocycles. The lowest BCUT2D eigenvalue weighted by molar-refractivity contribution is 0.101. The molecule has 1 aliphatic rings. The summed E-state index contributed by atoms with van der Waals surface area (Å²) in [6.07, 6.45) is 2.25. The number of thioether (sulfide) groups is 1. The number of ketones is 1. The van der Waals surface area contributed by atoms with Crippen LogP contribution in [-0.2, 0) is 0 Å². The summed E-state index contributed by atoms with van der Waals surface area (Å²) in [5.74, 6) is 0.555. The average Bonchev–Trinajstić information content (AvgIpc) is 3.42. The van der Waals surface area contributed by atoms with Gasteiger partial charge in [0.1, 0.15) is 11.6 Å². The molecule has 0 bridgehead atoms. The summed E-state index contributed by atoms with van der Waals surface area (Å²) >= 11 is 1.29. The maximum Gasteiger partial charge on any atom is 0.232 e. The van der Waals surface area contributed by atoms with Gasteiger partial charge >= 0.3 is 0 Å². The third-order valence-electron chi connectivity index (χ3n) is 5.09. The van der Waals surface area contributed by atoms with Gasteiger partial charge in [-0.05, 0) is 50.1 Å². The Labute approximate surface area is 179 Å². The van der Waals surface area contributed by atoms with E-state index in [0.29, 0.717) is 10.9 Å². The molecule has 1 fully saturated rings. The topological polar surface area (TPSA) is 60.2 Å². The highest BCUT2D eigenvalue weighted by molar-refractivity contribution is 7.99. The number of methoxy groups -OCH3 is 1. The summed E-state index contributed by atoms with van der Waals surface area (Å²) in [6.45, 7) is 3.92. The van der Waals surface area contributed by atoms with Crippen molar-refractivity contribution in [3.05, 3.63) is 59.4 Å². The van der Waals surface area contributed by atoms with E-state index in [2.05, 4.69) is 15.1 Å². The fourth-order valence-electron chi connectivity index (χ4n) is 3.50. The van der Waals surface area contributed by atoms with Gasteiger partial charge < -0.3 is 9.64 Å². The van der Waals surface area contributed by atoms with E-state index >= 15 is 0 Å². The van der Waals surface area contributed by atoms with E-state index in [9.17, 15) is 9.18 Å². The highest BCUT2D eigenvalue weighted by Gasteiger charge is 2.23. The molecule has 4 rings (SSSR count). The number of carbonyl (C=O) groups is 1. The van der Waals surface area contributed by atoms with Crippen LogP contribution in [0.25, 0.3) is 5.69 Å². The molecule has 0 atom stereocenters. The zero-order chi connectivity index (χ0) is 21.1. The van der Waals surface area contributed by atoms with Gasteiger partial charge in [-0.2, -0.15) is 0 Å². The molecular weight excluding hydrogens is 403 g/mol. The summed E-state index contributed by atoms with van der Waals surface area (Å²) in [5, 5.41) is 9.41. The molecule has 0 aliphatic carbocycles. The van der Waals surface area contributed by atoms with Gasteiger partial charge in [-0.1, -0.05) is 29.5 Å². The molecule has 0 saturated carbocycles. The number of nitrogens with zero attached hydrogens (tertiary/aromatic N) is 4. The van der Waals surface area contributed by atoms with Crippen LogP contribution in [0.4, 0.5) is 10.3 Å². The number of Topliss-reactive ketones (excluding diaryl/α,β-unsaturated/α-hetero) is 1. The third-order valence-corrected chi connectivity index (χ3v) is 6.02. The second-order valence-corrected chi connectivity index (χ2v) is 8.15. The lowest BCUT2D eigenvalue weighted by atomic mass is 10.1. The molecule has 0 N–H and O–H groups in total. The minimum Gasteiger partial charge on any atom is -0.496 e. The van der Waals surface area contributed by atoms with Crippen molar-refractivity contribution in [3.8, 4) is 11.4 Å². The number of rotatable bonds is 7. The van der Waals surface area contributed by atoms with Gasteiger partial charge in [0.05, 0.1) is 24.1 Å². The van der Waals surface area contributed by atoms with E-state index in [0.717, 1.165) is 43.1 Å². The number of benzene rings is 2. The second-order valence-electron chi connectivity index (χ2n) is 7.20. The van der Waals surface area contributed by atoms with Crippen molar-refractivity contribution in [1.82, 2.24) is 14.8 Å². The first kappa shape index (κ1) is 20.4. The molecule has 0 radical (unpaired) electrons. The van der Waals surface area contributed by atoms with Gasteiger partial charge in [0.2, 0.25) is 5.95 Å². The van der Waals surface area contributed by atoms with Gasteiger partial charge in [-0.3, -0.25) is 9.36 Å². The first-order valence-electron chi connectivity index (χ1n) is 9.84. The second kappa shape index (κ2) is 8.87. The minimum absolute atomic E-state index is 0.101. The Hall–Kier alpha value is -2.87. The molecule has 3 aromatic rings. The zero-order valence-corrected chi connectivity index (χ0v) is 17.8. The molecule has 1 saturated heterocycles. The van der Waals surface area contributed by atoms with Crippen molar-refractivity contribution in [3.63, 3.8) is 0 Å². The Bertz CT molecular complexity index is 1050. The molecule has 8 heteroatoms. The fraction of sp³-hybridized carbons (Fsp3) is 0.318. The molecule has 2 heterocycles. The normalized spacial score (nSPS) is 13.6. The van der Waals surface area contributed by atoms with Crippen LogP contribution < -0.4 is 9.64 Å². The Balaban J connectivity index is 1.62. The van der Waals surface area contributed by atoms with Crippen LogP contribution in [0.1, 0.15) is 28.8 Å². The largest absolute Gasteiger partial charge is 0.496 e. The van der Waals surface area contributed by atoms with Crippen molar-refractivity contribution >= 4 is 23.5 Å². The Morgan fingerprint density at radius 3 is 2.57 bits per heavy atom. The van der Waals surface area contributed by atoms with E-state index in [-0.39, 0.29) is 17.1 Å². The van der Waals surface area contributed by atoms with Crippen molar-refractivity contribution < 1.29 is 13.9 Å². The van der Waals surface area contributed by atoms with E-state index < -0.39 is 5.82 Å². The fourth-order valence-corrected chi connectivity index (χ4v) is 4.33. The number of aromatic nitrogens is 3. The highest BCUT2D eigenvalue weighted by atomic mass is 32.2. The molecule has 6 nitrogen and oxygen atoms in total. The molecule has 1 aliphatic heterocycles. The summed E-state index contributed by atoms with van der Waals surface area (Å²) < 4.78 is 20.9. The smallest absolute Gasteiger partial charge is 0.232 e. The van der Waals surface area contributed by atoms with E-state index in [1.807, 2.05) is 35.8 Å². The maximum absolute atomic E-state index is 13.7. The maximum atomic E-state index is 13.7. The zero-order valence-electron chi connectivity index (χ0n) is 17.0. The monoisotopic (exact) mass is 426 g/mol. The number of halogens is 1. The summed E-state index contributed by atoms with van der Waals surface area (Å²) in [7, 11) is 1.47. The first-order valence-corrected chi connectivity index (χ1v) is 10.8. The SMILES string of the molecule is COc1ccc(F)cc1C(=O)CSc1nnc(N2CCCC2)n1-c1ccc(C)cc1. The van der Waals surface area contributed by atoms with Crippen molar-refractivity contribution in [1.29, 1.82) is 0 Å². The Kier molecular flexibility index (Phi) is 6.03. The van der Waals surface area contributed by atoms with Gasteiger partial charge in [0, 0.05) is 13.1 Å². The van der Waals surface area contributed by atoms with Crippen LogP contribution >= 0.6 is 11.8 Å². The molecule has 0 spiro atoms. The van der Waals surface area contributed by atoms with Crippen LogP contribution in [0.5, 0.6) is 5.75 Å². The Morgan fingerprint density at radius 2 is 1.87 bits per heavy atom. The quantitative estimate of drug-likeness (QED) is 0.415. The Morgan fingerprint density at radius 1 is 1.13 bits per heavy atom.